The van der Waals surface area contributed by atoms with Crippen LogP contribution in [0, 0.1) is 0 Å². The molecule has 1 N–H and O–H groups in total. The van der Waals surface area contributed by atoms with Gasteiger partial charge in [-0.05, 0) is 42.5 Å². The molecule has 116 valence electrons. The zero-order valence-corrected chi connectivity index (χ0v) is 12.9. The van der Waals surface area contributed by atoms with Crippen LogP contribution in [0.15, 0.2) is 54.6 Å². The fraction of sp³-hybridized carbons (Fsp3) is 0.111. The quantitative estimate of drug-likeness (QED) is 0.807. The molecule has 0 aliphatic carbocycles. The smallest absolute Gasteiger partial charge is 0.258 e. The van der Waals surface area contributed by atoms with Crippen LogP contribution in [-0.4, -0.2) is 30.2 Å². The van der Waals surface area contributed by atoms with Crippen molar-refractivity contribution < 1.29 is 14.6 Å². The fourth-order valence-corrected chi connectivity index (χ4v) is 2.36. The highest BCUT2D eigenvalue weighted by atomic mass is 16.5. The van der Waals surface area contributed by atoms with Crippen molar-refractivity contribution in [2.24, 2.45) is 0 Å². The Kier molecular flexibility index (Phi) is 3.85. The minimum absolute atomic E-state index is 0.0643. The molecular weight excluding hydrogens is 292 g/mol. The Bertz CT molecular complexity index is 860. The maximum absolute atomic E-state index is 12.6. The summed E-state index contributed by atoms with van der Waals surface area (Å²) < 4.78 is 5.12. The van der Waals surface area contributed by atoms with Crippen LogP contribution in [0.4, 0.5) is 5.69 Å². The van der Waals surface area contributed by atoms with Gasteiger partial charge in [0, 0.05) is 29.8 Å². The number of aromatic hydroxyl groups is 1. The average molecular weight is 308 g/mol. The summed E-state index contributed by atoms with van der Waals surface area (Å²) in [5.41, 5.74) is 1.85. The highest BCUT2D eigenvalue weighted by Gasteiger charge is 2.14. The molecule has 5 heteroatoms. The number of hydrogen-bond acceptors (Lipinski definition) is 4. The van der Waals surface area contributed by atoms with E-state index >= 15 is 0 Å². The molecule has 0 fully saturated rings. The third-order valence-corrected chi connectivity index (χ3v) is 3.69. The van der Waals surface area contributed by atoms with E-state index in [0.29, 0.717) is 11.1 Å². The van der Waals surface area contributed by atoms with Crippen LogP contribution >= 0.6 is 0 Å². The van der Waals surface area contributed by atoms with Gasteiger partial charge in [-0.25, -0.2) is 4.98 Å². The molecule has 1 heterocycles. The second-order valence-corrected chi connectivity index (χ2v) is 5.14. The molecule has 0 unspecified atom stereocenters. The number of amides is 1. The van der Waals surface area contributed by atoms with E-state index in [2.05, 4.69) is 4.98 Å². The number of carbonyl (C=O) groups is 1. The summed E-state index contributed by atoms with van der Waals surface area (Å²) in [6.45, 7) is 0. The molecule has 0 spiro atoms. The first-order chi connectivity index (χ1) is 11.1. The van der Waals surface area contributed by atoms with Crippen molar-refractivity contribution in [3.63, 3.8) is 0 Å². The molecule has 5 nitrogen and oxygen atoms in total. The molecule has 2 aromatic carbocycles. The molecule has 0 aliphatic heterocycles. The van der Waals surface area contributed by atoms with Gasteiger partial charge in [0.2, 0.25) is 5.88 Å². The van der Waals surface area contributed by atoms with E-state index in [-0.39, 0.29) is 11.8 Å². The van der Waals surface area contributed by atoms with E-state index in [9.17, 15) is 9.90 Å². The van der Waals surface area contributed by atoms with Gasteiger partial charge in [0.15, 0.2) is 0 Å². The average Bonchev–Trinajstić information content (AvgIpc) is 2.59. The van der Waals surface area contributed by atoms with Crippen molar-refractivity contribution in [2.75, 3.05) is 19.1 Å². The Hall–Kier alpha value is -3.08. The number of hydrogen-bond donors (Lipinski definition) is 1. The van der Waals surface area contributed by atoms with Crippen molar-refractivity contribution in [1.29, 1.82) is 0 Å². The normalized spacial score (nSPS) is 10.5. The van der Waals surface area contributed by atoms with Crippen molar-refractivity contribution in [3.05, 3.63) is 60.2 Å². The lowest BCUT2D eigenvalue weighted by atomic mass is 10.1. The molecule has 0 saturated heterocycles. The lowest BCUT2D eigenvalue weighted by Crippen LogP contribution is -2.26. The first-order valence-corrected chi connectivity index (χ1v) is 7.10. The van der Waals surface area contributed by atoms with E-state index < -0.39 is 0 Å². The lowest BCUT2D eigenvalue weighted by molar-refractivity contribution is 0.0993. The first-order valence-electron chi connectivity index (χ1n) is 7.10. The van der Waals surface area contributed by atoms with E-state index in [1.165, 1.54) is 6.07 Å². The van der Waals surface area contributed by atoms with Crippen LogP contribution in [0.2, 0.25) is 0 Å². The molecule has 23 heavy (non-hydrogen) atoms. The standard InChI is InChI=1S/C18H16N2O3/c1-20(14-6-8-15(23-2)9-7-14)18(22)13-4-3-12-5-10-17(21)19-16(12)11-13/h3-11H,1-2H3,(H,19,21). The van der Waals surface area contributed by atoms with E-state index in [4.69, 9.17) is 4.74 Å². The van der Waals surface area contributed by atoms with Gasteiger partial charge < -0.3 is 14.7 Å². The van der Waals surface area contributed by atoms with Gasteiger partial charge in [-0.1, -0.05) is 6.07 Å². The number of rotatable bonds is 3. The van der Waals surface area contributed by atoms with E-state index in [1.54, 1.807) is 49.4 Å². The minimum atomic E-state index is -0.151. The Labute approximate surface area is 133 Å². The van der Waals surface area contributed by atoms with Crippen LogP contribution in [0.1, 0.15) is 10.4 Å². The molecule has 0 bridgehead atoms. The van der Waals surface area contributed by atoms with Crippen molar-refractivity contribution in [2.45, 2.75) is 0 Å². The van der Waals surface area contributed by atoms with Crippen LogP contribution in [0.3, 0.4) is 0 Å². The summed E-state index contributed by atoms with van der Waals surface area (Å²) in [6, 6.07) is 15.8. The number of ether oxygens (including phenoxy) is 1. The summed E-state index contributed by atoms with van der Waals surface area (Å²) in [5, 5.41) is 10.3. The summed E-state index contributed by atoms with van der Waals surface area (Å²) in [6.07, 6.45) is 0. The number of carbonyl (C=O) groups excluding carboxylic acids is 1. The van der Waals surface area contributed by atoms with Gasteiger partial charge in [0.25, 0.3) is 5.91 Å². The zero-order valence-electron chi connectivity index (χ0n) is 12.9. The molecule has 1 amide bonds. The van der Waals surface area contributed by atoms with E-state index in [1.807, 2.05) is 18.2 Å². The lowest BCUT2D eigenvalue weighted by Gasteiger charge is -2.18. The van der Waals surface area contributed by atoms with Crippen molar-refractivity contribution in [3.8, 4) is 11.6 Å². The molecule has 0 atom stereocenters. The zero-order chi connectivity index (χ0) is 16.4. The molecule has 1 aromatic heterocycles. The first kappa shape index (κ1) is 14.8. The molecule has 3 rings (SSSR count). The second-order valence-electron chi connectivity index (χ2n) is 5.14. The number of pyridine rings is 1. The van der Waals surface area contributed by atoms with Gasteiger partial charge in [-0.15, -0.1) is 0 Å². The minimum Gasteiger partial charge on any atom is -0.497 e. The SMILES string of the molecule is COc1ccc(N(C)C(=O)c2ccc3ccc(O)nc3c2)cc1. The van der Waals surface area contributed by atoms with Crippen LogP contribution in [-0.2, 0) is 0 Å². The molecule has 0 aliphatic rings. The van der Waals surface area contributed by atoms with Crippen LogP contribution < -0.4 is 9.64 Å². The van der Waals surface area contributed by atoms with Crippen LogP contribution in [0.25, 0.3) is 10.9 Å². The maximum atomic E-state index is 12.6. The van der Waals surface area contributed by atoms with Crippen molar-refractivity contribution >= 4 is 22.5 Å². The summed E-state index contributed by atoms with van der Waals surface area (Å²) in [4.78, 5) is 18.2. The molecule has 0 saturated carbocycles. The predicted octanol–water partition coefficient (Wildman–Crippen LogP) is 3.23. The largest absolute Gasteiger partial charge is 0.497 e. The number of nitrogens with zero attached hydrogens (tertiary/aromatic N) is 2. The number of methoxy groups -OCH3 is 1. The van der Waals surface area contributed by atoms with Crippen LogP contribution in [0.5, 0.6) is 11.6 Å². The molecular formula is C18H16N2O3. The summed E-state index contributed by atoms with van der Waals surface area (Å²) in [5.74, 6) is 0.521. The topological polar surface area (TPSA) is 62.7 Å². The molecule has 3 aromatic rings. The number of fused-ring (bicyclic) bond motifs is 1. The van der Waals surface area contributed by atoms with E-state index in [0.717, 1.165) is 16.8 Å². The van der Waals surface area contributed by atoms with Gasteiger partial charge in [0.1, 0.15) is 5.75 Å². The Balaban J connectivity index is 1.91. The summed E-state index contributed by atoms with van der Waals surface area (Å²) in [7, 11) is 3.31. The highest BCUT2D eigenvalue weighted by Crippen LogP contribution is 2.22. The molecule has 0 radical (unpaired) electrons. The number of benzene rings is 2. The third-order valence-electron chi connectivity index (χ3n) is 3.69. The third kappa shape index (κ3) is 2.94. The number of aromatic nitrogens is 1. The maximum Gasteiger partial charge on any atom is 0.258 e. The van der Waals surface area contributed by atoms with Crippen molar-refractivity contribution in [1.82, 2.24) is 4.98 Å². The monoisotopic (exact) mass is 308 g/mol. The second kappa shape index (κ2) is 5.96. The van der Waals surface area contributed by atoms with Gasteiger partial charge >= 0.3 is 0 Å². The summed E-state index contributed by atoms with van der Waals surface area (Å²) >= 11 is 0. The fourth-order valence-electron chi connectivity index (χ4n) is 2.36. The van der Waals surface area contributed by atoms with Gasteiger partial charge in [-0.3, -0.25) is 4.79 Å². The Morgan fingerprint density at radius 3 is 2.48 bits per heavy atom. The highest BCUT2D eigenvalue weighted by molar-refractivity contribution is 6.07. The Morgan fingerprint density at radius 2 is 1.78 bits per heavy atom. The van der Waals surface area contributed by atoms with Gasteiger partial charge in [-0.2, -0.15) is 0 Å². The van der Waals surface area contributed by atoms with Gasteiger partial charge in [0.05, 0.1) is 12.6 Å². The number of anilines is 1. The Morgan fingerprint density at radius 1 is 1.09 bits per heavy atom. The predicted molar refractivity (Wildman–Crippen MR) is 89.1 cm³/mol.